The molecular formula is C35H29Cl2+. The van der Waals surface area contributed by atoms with Crippen molar-refractivity contribution in [2.24, 2.45) is 0 Å². The summed E-state index contributed by atoms with van der Waals surface area (Å²) in [7, 11) is 0. The maximum atomic E-state index is 6.41. The standard InChI is InChI=1S/C35H29Cl2/c1-24-8-7-9-25(2)34(24)35(28-18-14-26(15-19-28)22-30-10-3-5-12-32(30)36)29-20-16-27(17-21-29)23-31-11-4-6-13-33(31)37/h3-21H,22-23H2,1-2H3/q+1. The van der Waals surface area contributed by atoms with Gasteiger partial charge in [-0.25, -0.2) is 0 Å². The van der Waals surface area contributed by atoms with Crippen molar-refractivity contribution in [2.75, 3.05) is 0 Å². The zero-order chi connectivity index (χ0) is 25.8. The molecule has 0 unspecified atom stereocenters. The fourth-order valence-corrected chi connectivity index (χ4v) is 5.37. The van der Waals surface area contributed by atoms with Crippen LogP contribution < -0.4 is 0 Å². The minimum absolute atomic E-state index is 0.811. The zero-order valence-electron chi connectivity index (χ0n) is 21.1. The van der Waals surface area contributed by atoms with E-state index in [1.165, 1.54) is 44.9 Å². The van der Waals surface area contributed by atoms with E-state index in [0.717, 1.165) is 34.0 Å². The minimum Gasteiger partial charge on any atom is -0.0840 e. The summed E-state index contributed by atoms with van der Waals surface area (Å²) >= 11 is 12.8. The molecule has 4 aromatic carbocycles. The molecule has 1 aliphatic rings. The average molecular weight is 521 g/mol. The molecule has 0 aliphatic heterocycles. The molecule has 0 bridgehead atoms. The van der Waals surface area contributed by atoms with E-state index in [4.69, 9.17) is 23.2 Å². The largest absolute Gasteiger partial charge is 0.110 e. The summed E-state index contributed by atoms with van der Waals surface area (Å²) in [5, 5.41) is 1.62. The topological polar surface area (TPSA) is 0 Å². The van der Waals surface area contributed by atoms with Crippen molar-refractivity contribution in [3.05, 3.63) is 176 Å². The number of benzene rings is 4. The third kappa shape index (κ3) is 5.77. The highest BCUT2D eigenvalue weighted by atomic mass is 35.5. The lowest BCUT2D eigenvalue weighted by molar-refractivity contribution is 1.17. The van der Waals surface area contributed by atoms with Crippen LogP contribution in [0, 0.1) is 5.92 Å². The molecule has 0 saturated carbocycles. The van der Waals surface area contributed by atoms with Gasteiger partial charge in [0.05, 0.1) is 5.57 Å². The van der Waals surface area contributed by atoms with Crippen molar-refractivity contribution in [3.63, 3.8) is 0 Å². The molecule has 2 heteroatoms. The molecule has 0 spiro atoms. The summed E-state index contributed by atoms with van der Waals surface area (Å²) in [4.78, 5) is 0. The fraction of sp³-hybridized carbons (Fsp3) is 0.114. The van der Waals surface area contributed by atoms with Crippen LogP contribution in [0.15, 0.2) is 126 Å². The molecule has 0 radical (unpaired) electrons. The Hall–Kier alpha value is -3.45. The van der Waals surface area contributed by atoms with Gasteiger partial charge in [0, 0.05) is 50.9 Å². The zero-order valence-corrected chi connectivity index (χ0v) is 22.7. The minimum atomic E-state index is 0.811. The second kappa shape index (κ2) is 11.3. The van der Waals surface area contributed by atoms with Gasteiger partial charge in [-0.3, -0.25) is 0 Å². The lowest BCUT2D eigenvalue weighted by atomic mass is 9.81. The van der Waals surface area contributed by atoms with Gasteiger partial charge in [-0.15, -0.1) is 0 Å². The van der Waals surface area contributed by atoms with Crippen LogP contribution in [0.3, 0.4) is 0 Å². The van der Waals surface area contributed by atoms with Crippen LogP contribution in [-0.2, 0) is 12.8 Å². The van der Waals surface area contributed by atoms with Crippen molar-refractivity contribution in [1.29, 1.82) is 0 Å². The predicted molar refractivity (Wildman–Crippen MR) is 159 cm³/mol. The quantitative estimate of drug-likeness (QED) is 0.222. The Morgan fingerprint density at radius 1 is 0.649 bits per heavy atom. The Bertz CT molecular complexity index is 1390. The van der Waals surface area contributed by atoms with Crippen LogP contribution in [-0.4, -0.2) is 0 Å². The summed E-state index contributed by atoms with van der Waals surface area (Å²) in [6, 6.07) is 34.0. The summed E-state index contributed by atoms with van der Waals surface area (Å²) in [5.74, 6) is 1.27. The first-order chi connectivity index (χ1) is 18.0. The molecule has 0 N–H and O–H groups in total. The monoisotopic (exact) mass is 519 g/mol. The molecule has 1 aliphatic carbocycles. The molecule has 5 rings (SSSR count). The Labute approximate surface area is 230 Å². The van der Waals surface area contributed by atoms with Gasteiger partial charge in [0.25, 0.3) is 0 Å². The van der Waals surface area contributed by atoms with E-state index in [1.54, 1.807) is 0 Å². The van der Waals surface area contributed by atoms with E-state index in [2.05, 4.69) is 92.7 Å². The van der Waals surface area contributed by atoms with E-state index in [0.29, 0.717) is 0 Å². The molecule has 0 aromatic heterocycles. The number of rotatable bonds is 6. The van der Waals surface area contributed by atoms with Crippen LogP contribution in [0.1, 0.15) is 47.2 Å². The molecule has 37 heavy (non-hydrogen) atoms. The highest BCUT2D eigenvalue weighted by Crippen LogP contribution is 2.38. The number of hydrogen-bond acceptors (Lipinski definition) is 0. The smallest absolute Gasteiger partial charge is 0.0840 e. The van der Waals surface area contributed by atoms with E-state index in [1.807, 2.05) is 36.4 Å². The molecular weight excluding hydrogens is 491 g/mol. The molecule has 0 fully saturated rings. The normalized spacial score (nSPS) is 13.0. The second-order valence-corrected chi connectivity index (χ2v) is 10.4. The Balaban J connectivity index is 1.50. The van der Waals surface area contributed by atoms with Crippen molar-refractivity contribution in [3.8, 4) is 0 Å². The SMILES string of the molecule is CC1=CC=C[C+](C)C1=C(c1ccc(Cc2ccccc2Cl)cc1)c1ccc(Cc2ccccc2Cl)cc1. The van der Waals surface area contributed by atoms with Gasteiger partial charge >= 0.3 is 0 Å². The van der Waals surface area contributed by atoms with Crippen molar-refractivity contribution in [2.45, 2.75) is 26.7 Å². The van der Waals surface area contributed by atoms with Crippen molar-refractivity contribution in [1.82, 2.24) is 0 Å². The van der Waals surface area contributed by atoms with Gasteiger partial charge < -0.3 is 0 Å². The summed E-state index contributed by atoms with van der Waals surface area (Å²) in [5.41, 5.74) is 11.0. The van der Waals surface area contributed by atoms with Gasteiger partial charge in [0.2, 0.25) is 0 Å². The molecule has 0 saturated heterocycles. The van der Waals surface area contributed by atoms with Crippen LogP contribution >= 0.6 is 23.2 Å². The van der Waals surface area contributed by atoms with E-state index in [-0.39, 0.29) is 0 Å². The average Bonchev–Trinajstić information content (AvgIpc) is 2.90. The fourth-order valence-electron chi connectivity index (χ4n) is 4.97. The molecule has 182 valence electrons. The molecule has 0 atom stereocenters. The Kier molecular flexibility index (Phi) is 7.70. The van der Waals surface area contributed by atoms with Gasteiger partial charge in [0.15, 0.2) is 0 Å². The van der Waals surface area contributed by atoms with Gasteiger partial charge in [0.1, 0.15) is 5.57 Å². The Morgan fingerprint density at radius 3 is 1.54 bits per heavy atom. The van der Waals surface area contributed by atoms with E-state index >= 15 is 0 Å². The molecule has 0 nitrogen and oxygen atoms in total. The van der Waals surface area contributed by atoms with Gasteiger partial charge in [-0.05, 0) is 85.3 Å². The first-order valence-electron chi connectivity index (χ1n) is 12.6. The van der Waals surface area contributed by atoms with Crippen molar-refractivity contribution >= 4 is 28.8 Å². The molecule has 0 amide bonds. The first-order valence-corrected chi connectivity index (χ1v) is 13.3. The second-order valence-electron chi connectivity index (χ2n) is 9.57. The molecule has 0 heterocycles. The summed E-state index contributed by atoms with van der Waals surface area (Å²) in [6.07, 6.45) is 8.15. The van der Waals surface area contributed by atoms with Crippen LogP contribution in [0.4, 0.5) is 0 Å². The maximum absolute atomic E-state index is 6.41. The lowest BCUT2D eigenvalue weighted by Gasteiger charge is -2.16. The van der Waals surface area contributed by atoms with Crippen molar-refractivity contribution < 1.29 is 0 Å². The van der Waals surface area contributed by atoms with Crippen LogP contribution in [0.2, 0.25) is 10.0 Å². The van der Waals surface area contributed by atoms with Gasteiger partial charge in [-0.2, -0.15) is 0 Å². The highest BCUT2D eigenvalue weighted by Gasteiger charge is 2.26. The third-order valence-corrected chi connectivity index (χ3v) is 7.66. The highest BCUT2D eigenvalue weighted by molar-refractivity contribution is 6.31. The van der Waals surface area contributed by atoms with Gasteiger partial charge in [-0.1, -0.05) is 83.9 Å². The van der Waals surface area contributed by atoms with Crippen LogP contribution in [0.25, 0.3) is 5.57 Å². The predicted octanol–water partition coefficient (Wildman–Crippen LogP) is 10.1. The van der Waals surface area contributed by atoms with Crippen LogP contribution in [0.5, 0.6) is 0 Å². The number of allylic oxidation sites excluding steroid dienone is 5. The Morgan fingerprint density at radius 2 is 1.11 bits per heavy atom. The summed E-state index contributed by atoms with van der Waals surface area (Å²) in [6.45, 7) is 4.39. The number of hydrogen-bond donors (Lipinski definition) is 0. The maximum Gasteiger partial charge on any atom is 0.110 e. The summed E-state index contributed by atoms with van der Waals surface area (Å²) < 4.78 is 0. The number of halogens is 2. The van der Waals surface area contributed by atoms with E-state index in [9.17, 15) is 0 Å². The lowest BCUT2D eigenvalue weighted by Crippen LogP contribution is -2.05. The third-order valence-electron chi connectivity index (χ3n) is 6.92. The first kappa shape index (κ1) is 25.2. The molecule has 4 aromatic rings. The van der Waals surface area contributed by atoms with E-state index < -0.39 is 0 Å².